The lowest BCUT2D eigenvalue weighted by Gasteiger charge is -2.17. The largest absolute Gasteiger partial charge is 0.0651 e. The van der Waals surface area contributed by atoms with E-state index >= 15 is 0 Å². The molecule has 0 unspecified atom stereocenters. The van der Waals surface area contributed by atoms with Gasteiger partial charge in [0.1, 0.15) is 0 Å². The van der Waals surface area contributed by atoms with E-state index in [2.05, 4.69) is 70.5 Å². The minimum absolute atomic E-state index is 1.16. The number of aryl methyl sites for hydroxylation is 2. The third kappa shape index (κ3) is 3.45. The van der Waals surface area contributed by atoms with Crippen LogP contribution in [0.2, 0.25) is 0 Å². The van der Waals surface area contributed by atoms with Crippen LogP contribution in [0.25, 0.3) is 11.1 Å². The Bertz CT molecular complexity index is 777. The highest BCUT2D eigenvalue weighted by molar-refractivity contribution is 6.03. The molecule has 1 radical (unpaired) electrons. The van der Waals surface area contributed by atoms with Gasteiger partial charge in [0.2, 0.25) is 0 Å². The molecule has 0 atom stereocenters. The molecule has 0 spiro atoms. The molecule has 0 heteroatoms. The van der Waals surface area contributed by atoms with Gasteiger partial charge in [0.05, 0.1) is 0 Å². The first-order valence-electron chi connectivity index (χ1n) is 10.00. The van der Waals surface area contributed by atoms with Crippen LogP contribution in [0, 0.1) is 13.3 Å². The summed E-state index contributed by atoms with van der Waals surface area (Å²) in [7, 11) is 0. The lowest BCUT2D eigenvalue weighted by molar-refractivity contribution is 0.858. The SMILES string of the molecule is CCCC1=C(c2cccc(CCC)c2CCC)[CH]c2cccc(C)c21. The summed E-state index contributed by atoms with van der Waals surface area (Å²) in [5, 5.41) is 0. The van der Waals surface area contributed by atoms with Crippen molar-refractivity contribution in [1.82, 2.24) is 0 Å². The third-order valence-electron chi connectivity index (χ3n) is 5.31. The maximum Gasteiger partial charge on any atom is 0.0214 e. The van der Waals surface area contributed by atoms with Crippen LogP contribution in [0.5, 0.6) is 0 Å². The van der Waals surface area contributed by atoms with E-state index < -0.39 is 0 Å². The molecule has 2 aromatic carbocycles. The van der Waals surface area contributed by atoms with E-state index in [1.165, 1.54) is 59.9 Å². The maximum absolute atomic E-state index is 2.44. The van der Waals surface area contributed by atoms with Crippen LogP contribution in [-0.2, 0) is 12.8 Å². The zero-order valence-corrected chi connectivity index (χ0v) is 16.3. The van der Waals surface area contributed by atoms with Gasteiger partial charge in [-0.25, -0.2) is 0 Å². The molecule has 131 valence electrons. The number of rotatable bonds is 7. The first-order valence-corrected chi connectivity index (χ1v) is 10.00. The van der Waals surface area contributed by atoms with E-state index in [1.807, 2.05) is 0 Å². The van der Waals surface area contributed by atoms with Gasteiger partial charge in [-0.15, -0.1) is 0 Å². The molecule has 0 aromatic heterocycles. The van der Waals surface area contributed by atoms with Crippen molar-refractivity contribution in [2.75, 3.05) is 0 Å². The summed E-state index contributed by atoms with van der Waals surface area (Å²) in [6.07, 6.45) is 9.58. The molecule has 3 rings (SSSR count). The predicted molar refractivity (Wildman–Crippen MR) is 111 cm³/mol. The molecule has 1 aliphatic carbocycles. The first-order chi connectivity index (χ1) is 12.2. The van der Waals surface area contributed by atoms with Crippen LogP contribution in [-0.4, -0.2) is 0 Å². The van der Waals surface area contributed by atoms with Crippen molar-refractivity contribution < 1.29 is 0 Å². The first kappa shape index (κ1) is 18.0. The molecule has 0 aliphatic heterocycles. The second-order valence-electron chi connectivity index (χ2n) is 7.27. The van der Waals surface area contributed by atoms with E-state index in [9.17, 15) is 0 Å². The Kier molecular flexibility index (Phi) is 5.78. The molecule has 25 heavy (non-hydrogen) atoms. The van der Waals surface area contributed by atoms with Crippen molar-refractivity contribution in [2.45, 2.75) is 66.2 Å². The number of benzene rings is 2. The molecule has 0 saturated heterocycles. The minimum atomic E-state index is 1.16. The van der Waals surface area contributed by atoms with Gasteiger partial charge in [0, 0.05) is 6.42 Å². The van der Waals surface area contributed by atoms with E-state index in [0.717, 1.165) is 6.42 Å². The summed E-state index contributed by atoms with van der Waals surface area (Å²) in [6.45, 7) is 9.13. The van der Waals surface area contributed by atoms with Crippen molar-refractivity contribution in [1.29, 1.82) is 0 Å². The Morgan fingerprint density at radius 3 is 2.20 bits per heavy atom. The molecule has 2 aromatic rings. The Balaban J connectivity index is 2.18. The second kappa shape index (κ2) is 8.04. The fourth-order valence-electron chi connectivity index (χ4n) is 4.29. The summed E-state index contributed by atoms with van der Waals surface area (Å²) < 4.78 is 0. The van der Waals surface area contributed by atoms with Crippen molar-refractivity contribution in [3.8, 4) is 0 Å². The molecule has 0 saturated carbocycles. The highest BCUT2D eigenvalue weighted by Gasteiger charge is 2.25. The van der Waals surface area contributed by atoms with Gasteiger partial charge in [-0.3, -0.25) is 0 Å². The summed E-state index contributed by atoms with van der Waals surface area (Å²) in [6, 6.07) is 13.7. The van der Waals surface area contributed by atoms with Crippen LogP contribution in [0.1, 0.15) is 79.8 Å². The lowest BCUT2D eigenvalue weighted by atomic mass is 9.88. The van der Waals surface area contributed by atoms with Crippen molar-refractivity contribution in [3.05, 3.63) is 76.2 Å². The average Bonchev–Trinajstić information content (AvgIpc) is 2.97. The van der Waals surface area contributed by atoms with Crippen molar-refractivity contribution in [3.63, 3.8) is 0 Å². The maximum atomic E-state index is 2.44. The highest BCUT2D eigenvalue weighted by Crippen LogP contribution is 2.44. The lowest BCUT2D eigenvalue weighted by Crippen LogP contribution is -2.00. The summed E-state index contributed by atoms with van der Waals surface area (Å²) in [5.41, 5.74) is 11.9. The predicted octanol–water partition coefficient (Wildman–Crippen LogP) is 7.18. The fraction of sp³-hybridized carbons (Fsp3) is 0.400. The fourth-order valence-corrected chi connectivity index (χ4v) is 4.29. The van der Waals surface area contributed by atoms with Crippen LogP contribution >= 0.6 is 0 Å². The molecule has 0 amide bonds. The second-order valence-corrected chi connectivity index (χ2v) is 7.27. The smallest absolute Gasteiger partial charge is 0.0214 e. The van der Waals surface area contributed by atoms with Gasteiger partial charge in [-0.1, -0.05) is 76.4 Å². The monoisotopic (exact) mass is 331 g/mol. The molecule has 0 bridgehead atoms. The van der Waals surface area contributed by atoms with Gasteiger partial charge in [-0.05, 0) is 70.7 Å². The summed E-state index contributed by atoms with van der Waals surface area (Å²) >= 11 is 0. The van der Waals surface area contributed by atoms with Crippen molar-refractivity contribution >= 4 is 11.1 Å². The van der Waals surface area contributed by atoms with Crippen LogP contribution in [0.3, 0.4) is 0 Å². The molecular weight excluding hydrogens is 300 g/mol. The Hall–Kier alpha value is -1.82. The number of allylic oxidation sites excluding steroid dienone is 2. The molecule has 1 aliphatic rings. The quantitative estimate of drug-likeness (QED) is 0.504. The number of fused-ring (bicyclic) bond motifs is 1. The van der Waals surface area contributed by atoms with Crippen LogP contribution < -0.4 is 0 Å². The van der Waals surface area contributed by atoms with Crippen LogP contribution in [0.4, 0.5) is 0 Å². The van der Waals surface area contributed by atoms with E-state index in [4.69, 9.17) is 0 Å². The van der Waals surface area contributed by atoms with Crippen LogP contribution in [0.15, 0.2) is 36.4 Å². The van der Waals surface area contributed by atoms with E-state index in [0.29, 0.717) is 0 Å². The third-order valence-corrected chi connectivity index (χ3v) is 5.31. The summed E-state index contributed by atoms with van der Waals surface area (Å²) in [4.78, 5) is 0. The Labute approximate surface area is 154 Å². The Morgan fingerprint density at radius 1 is 0.760 bits per heavy atom. The van der Waals surface area contributed by atoms with E-state index in [1.54, 1.807) is 16.7 Å². The zero-order chi connectivity index (χ0) is 17.8. The molecule has 0 heterocycles. The van der Waals surface area contributed by atoms with Crippen molar-refractivity contribution in [2.24, 2.45) is 0 Å². The molecular formula is C25H31. The van der Waals surface area contributed by atoms with Gasteiger partial charge < -0.3 is 0 Å². The standard InChI is InChI=1S/C25H31/c1-5-10-19-14-9-16-22(21(19)11-6-2)24-17-20-15-8-13-18(4)25(20)23(24)12-7-3/h8-9,13-17H,5-7,10-12H2,1-4H3. The van der Waals surface area contributed by atoms with Gasteiger partial charge in [0.15, 0.2) is 0 Å². The number of hydrogen-bond acceptors (Lipinski definition) is 0. The minimum Gasteiger partial charge on any atom is -0.0651 e. The Morgan fingerprint density at radius 2 is 1.48 bits per heavy atom. The molecule has 0 N–H and O–H groups in total. The summed E-state index contributed by atoms with van der Waals surface area (Å²) in [5.74, 6) is 0. The van der Waals surface area contributed by atoms with Gasteiger partial charge in [-0.2, -0.15) is 0 Å². The zero-order valence-electron chi connectivity index (χ0n) is 16.3. The highest BCUT2D eigenvalue weighted by atomic mass is 14.3. The molecule has 0 fully saturated rings. The topological polar surface area (TPSA) is 0 Å². The average molecular weight is 332 g/mol. The number of hydrogen-bond donors (Lipinski definition) is 0. The molecule has 0 nitrogen and oxygen atoms in total. The van der Waals surface area contributed by atoms with Gasteiger partial charge in [0.25, 0.3) is 0 Å². The van der Waals surface area contributed by atoms with E-state index in [-0.39, 0.29) is 0 Å². The normalized spacial score (nSPS) is 13.4. The van der Waals surface area contributed by atoms with Gasteiger partial charge >= 0.3 is 0 Å².